The number of unbranched alkanes of at least 4 members (excludes halogenated alkanes) is 2. The molecule has 1 N–H and O–H groups in total. The summed E-state index contributed by atoms with van der Waals surface area (Å²) in [6.45, 7) is 8.36. The van der Waals surface area contributed by atoms with Crippen LogP contribution in [0.5, 0.6) is 0 Å². The zero-order valence-electron chi connectivity index (χ0n) is 11.8. The normalized spacial score (nSPS) is 12.3. The molecule has 106 valence electrons. The van der Waals surface area contributed by atoms with Crippen LogP contribution in [0.1, 0.15) is 26.2 Å². The van der Waals surface area contributed by atoms with Crippen molar-refractivity contribution >= 4 is 5.97 Å². The van der Waals surface area contributed by atoms with Gasteiger partial charge in [0.25, 0.3) is 0 Å². The van der Waals surface area contributed by atoms with Crippen LogP contribution in [0.2, 0.25) is 0 Å². The molecule has 0 saturated carbocycles. The lowest BCUT2D eigenvalue weighted by atomic mass is 10.2. The molecule has 0 aliphatic carbocycles. The average molecular weight is 272 g/mol. The van der Waals surface area contributed by atoms with E-state index in [0.29, 0.717) is 0 Å². The molecule has 0 aliphatic heterocycles. The van der Waals surface area contributed by atoms with E-state index in [1.807, 2.05) is 12.2 Å². The minimum Gasteiger partial charge on any atom is -0.445 e. The number of aliphatic hydroxyl groups is 1. The lowest BCUT2D eigenvalue weighted by Crippen LogP contribution is -2.11. The van der Waals surface area contributed by atoms with Crippen molar-refractivity contribution in [2.45, 2.75) is 38.4 Å². The minimum atomic E-state index is -0.897. The van der Waals surface area contributed by atoms with E-state index in [9.17, 15) is 4.79 Å². The van der Waals surface area contributed by atoms with Crippen LogP contribution >= 0.6 is 0 Å². The van der Waals surface area contributed by atoms with Gasteiger partial charge in [0, 0.05) is 6.92 Å². The molecule has 0 saturated heterocycles. The number of aliphatic hydroxyl groups excluding tert-OH is 1. The largest absolute Gasteiger partial charge is 0.445 e. The smallest absolute Gasteiger partial charge is 0.304 e. The number of rotatable bonds is 7. The first-order valence-electron chi connectivity index (χ1n) is 6.36. The van der Waals surface area contributed by atoms with Gasteiger partial charge in [0.2, 0.25) is 0 Å². The molecule has 3 heteroatoms. The number of ether oxygens (including phenoxy) is 1. The molecule has 0 heterocycles. The molecule has 0 aromatic carbocycles. The Bertz CT molecular complexity index is 466. The highest BCUT2D eigenvalue weighted by atomic mass is 16.5. The van der Waals surface area contributed by atoms with Crippen molar-refractivity contribution in [1.29, 1.82) is 0 Å². The van der Waals surface area contributed by atoms with Crippen molar-refractivity contribution in [1.82, 2.24) is 0 Å². The van der Waals surface area contributed by atoms with Crippen LogP contribution in [-0.4, -0.2) is 23.3 Å². The molecule has 20 heavy (non-hydrogen) atoms. The second-order valence-corrected chi connectivity index (χ2v) is 3.90. The van der Waals surface area contributed by atoms with Gasteiger partial charge in [-0.25, -0.2) is 0 Å². The first-order valence-corrected chi connectivity index (χ1v) is 6.36. The van der Waals surface area contributed by atoms with Crippen molar-refractivity contribution in [2.75, 3.05) is 0 Å². The molecule has 0 spiro atoms. The van der Waals surface area contributed by atoms with Crippen LogP contribution < -0.4 is 0 Å². The third-order valence-electron chi connectivity index (χ3n) is 2.10. The SMILES string of the molecule is C=CCCCC=C[C@@H](C#CC#C[C@H](O)C=C)OC(C)=O. The number of hydrogen-bond acceptors (Lipinski definition) is 3. The number of carbonyl (C=O) groups is 1. The van der Waals surface area contributed by atoms with E-state index in [2.05, 4.69) is 36.8 Å². The first kappa shape index (κ1) is 17.8. The van der Waals surface area contributed by atoms with Crippen molar-refractivity contribution in [3.05, 3.63) is 37.5 Å². The Morgan fingerprint density at radius 3 is 2.60 bits per heavy atom. The summed E-state index contributed by atoms with van der Waals surface area (Å²) in [7, 11) is 0. The predicted octanol–water partition coefficient (Wildman–Crippen LogP) is 2.38. The fraction of sp³-hybridized carbons (Fsp3) is 0.353. The van der Waals surface area contributed by atoms with Crippen LogP contribution in [0, 0.1) is 23.7 Å². The maximum absolute atomic E-state index is 11.0. The Balaban J connectivity index is 4.51. The van der Waals surface area contributed by atoms with Gasteiger partial charge in [-0.05, 0) is 43.1 Å². The highest BCUT2D eigenvalue weighted by molar-refractivity contribution is 5.66. The molecule has 0 aromatic heterocycles. The van der Waals surface area contributed by atoms with E-state index in [1.165, 1.54) is 13.0 Å². The summed E-state index contributed by atoms with van der Waals surface area (Å²) in [5.74, 6) is 9.79. The number of carbonyl (C=O) groups excluding carboxylic acids is 1. The van der Waals surface area contributed by atoms with Crippen molar-refractivity contribution in [2.24, 2.45) is 0 Å². The van der Waals surface area contributed by atoms with Crippen LogP contribution in [0.15, 0.2) is 37.5 Å². The van der Waals surface area contributed by atoms with Gasteiger partial charge in [-0.15, -0.1) is 6.58 Å². The highest BCUT2D eigenvalue weighted by Gasteiger charge is 2.02. The van der Waals surface area contributed by atoms with Gasteiger partial charge < -0.3 is 9.84 Å². The van der Waals surface area contributed by atoms with Gasteiger partial charge in [0.15, 0.2) is 6.10 Å². The molecule has 0 unspecified atom stereocenters. The van der Waals surface area contributed by atoms with Crippen molar-refractivity contribution in [3.8, 4) is 23.7 Å². The summed E-state index contributed by atoms with van der Waals surface area (Å²) in [6, 6.07) is 0. The molecule has 0 amide bonds. The lowest BCUT2D eigenvalue weighted by molar-refractivity contribution is -0.142. The van der Waals surface area contributed by atoms with E-state index >= 15 is 0 Å². The molecular formula is C17H20O3. The summed E-state index contributed by atoms with van der Waals surface area (Å²) in [6.07, 6.45) is 8.09. The number of hydrogen-bond donors (Lipinski definition) is 1. The zero-order valence-corrected chi connectivity index (χ0v) is 11.8. The second-order valence-electron chi connectivity index (χ2n) is 3.90. The Morgan fingerprint density at radius 1 is 1.30 bits per heavy atom. The molecule has 0 aromatic rings. The van der Waals surface area contributed by atoms with Crippen LogP contribution in [0.3, 0.4) is 0 Å². The molecule has 2 atom stereocenters. The van der Waals surface area contributed by atoms with E-state index in [0.717, 1.165) is 19.3 Å². The fourth-order valence-corrected chi connectivity index (χ4v) is 1.17. The molecule has 0 rings (SSSR count). The first-order chi connectivity index (χ1) is 9.60. The van der Waals surface area contributed by atoms with Crippen LogP contribution in [-0.2, 0) is 9.53 Å². The summed E-state index contributed by atoms with van der Waals surface area (Å²) >= 11 is 0. The number of allylic oxidation sites excluding steroid dienone is 2. The summed E-state index contributed by atoms with van der Waals surface area (Å²) in [4.78, 5) is 11.0. The summed E-state index contributed by atoms with van der Waals surface area (Å²) in [5, 5.41) is 9.13. The Morgan fingerprint density at radius 2 is 2.00 bits per heavy atom. The van der Waals surface area contributed by atoms with E-state index < -0.39 is 18.2 Å². The van der Waals surface area contributed by atoms with Gasteiger partial charge in [0.05, 0.1) is 0 Å². The Hall–Kier alpha value is -2.23. The van der Waals surface area contributed by atoms with Crippen LogP contribution in [0.25, 0.3) is 0 Å². The van der Waals surface area contributed by atoms with E-state index in [-0.39, 0.29) is 0 Å². The monoisotopic (exact) mass is 272 g/mol. The number of esters is 1. The van der Waals surface area contributed by atoms with Gasteiger partial charge in [-0.3, -0.25) is 4.79 Å². The lowest BCUT2D eigenvalue weighted by Gasteiger charge is -2.04. The Kier molecular flexibility index (Phi) is 10.5. The predicted molar refractivity (Wildman–Crippen MR) is 80.5 cm³/mol. The van der Waals surface area contributed by atoms with Gasteiger partial charge in [0.1, 0.15) is 6.10 Å². The molecule has 0 fully saturated rings. The van der Waals surface area contributed by atoms with Crippen LogP contribution in [0.4, 0.5) is 0 Å². The van der Waals surface area contributed by atoms with Gasteiger partial charge in [-0.2, -0.15) is 0 Å². The molecule has 0 bridgehead atoms. The summed E-state index contributed by atoms with van der Waals surface area (Å²) in [5.41, 5.74) is 0. The topological polar surface area (TPSA) is 46.5 Å². The third-order valence-corrected chi connectivity index (χ3v) is 2.10. The molecule has 0 radical (unpaired) electrons. The molecular weight excluding hydrogens is 252 g/mol. The van der Waals surface area contributed by atoms with Gasteiger partial charge >= 0.3 is 5.97 Å². The molecule has 3 nitrogen and oxygen atoms in total. The van der Waals surface area contributed by atoms with Crippen molar-refractivity contribution in [3.63, 3.8) is 0 Å². The summed E-state index contributed by atoms with van der Waals surface area (Å²) < 4.78 is 5.02. The fourth-order valence-electron chi connectivity index (χ4n) is 1.17. The minimum absolute atomic E-state index is 0.404. The third kappa shape index (κ3) is 10.9. The Labute approximate surface area is 121 Å². The molecule has 0 aliphatic rings. The maximum atomic E-state index is 11.0. The van der Waals surface area contributed by atoms with Gasteiger partial charge in [-0.1, -0.05) is 30.7 Å². The maximum Gasteiger partial charge on any atom is 0.304 e. The zero-order chi connectivity index (χ0) is 15.2. The van der Waals surface area contributed by atoms with E-state index in [4.69, 9.17) is 9.84 Å². The second kappa shape index (κ2) is 11.8. The average Bonchev–Trinajstić information content (AvgIpc) is 2.42. The quantitative estimate of drug-likeness (QED) is 0.335. The standard InChI is InChI=1S/C17H20O3/c1-4-6-7-8-9-13-17(20-15(3)18)14-11-10-12-16(19)5-2/h4-5,9,13,16-17,19H,1-2,6-8H2,3H3/t16-,17+/m1/s1. The highest BCUT2D eigenvalue weighted by Crippen LogP contribution is 2.00. The van der Waals surface area contributed by atoms with E-state index in [1.54, 1.807) is 6.08 Å². The van der Waals surface area contributed by atoms with Crippen molar-refractivity contribution < 1.29 is 14.6 Å².